The highest BCUT2D eigenvalue weighted by Gasteiger charge is 2.23. The summed E-state index contributed by atoms with van der Waals surface area (Å²) in [5, 5.41) is 5.28. The van der Waals surface area contributed by atoms with Crippen LogP contribution in [0.5, 0.6) is 11.5 Å². The molecule has 4 rings (SSSR count). The minimum absolute atomic E-state index is 0.0971. The minimum atomic E-state index is -0.471. The maximum Gasteiger partial charge on any atom is 0.341 e. The second-order valence-electron chi connectivity index (χ2n) is 7.94. The van der Waals surface area contributed by atoms with Gasteiger partial charge in [-0.15, -0.1) is 11.3 Å². The lowest BCUT2D eigenvalue weighted by Crippen LogP contribution is -2.16. The molecule has 0 bridgehead atoms. The Morgan fingerprint density at radius 2 is 1.76 bits per heavy atom. The quantitative estimate of drug-likeness (QED) is 0.481. The summed E-state index contributed by atoms with van der Waals surface area (Å²) >= 11 is 1.32. The monoisotopic (exact) mass is 465 g/mol. The van der Waals surface area contributed by atoms with Crippen molar-refractivity contribution in [1.82, 2.24) is 0 Å². The number of ether oxygens (including phenoxy) is 3. The van der Waals surface area contributed by atoms with Crippen molar-refractivity contribution in [2.24, 2.45) is 0 Å². The number of carbonyl (C=O) groups is 2. The summed E-state index contributed by atoms with van der Waals surface area (Å²) in [5.74, 6) is 0.499. The smallest absolute Gasteiger partial charge is 0.341 e. The molecule has 0 unspecified atom stereocenters. The zero-order chi connectivity index (χ0) is 23.4. The summed E-state index contributed by atoms with van der Waals surface area (Å²) in [6, 6.07) is 11.7. The Kier molecular flexibility index (Phi) is 6.99. The third-order valence-electron chi connectivity index (χ3n) is 5.94. The summed E-state index contributed by atoms with van der Waals surface area (Å²) in [6.45, 7) is 0. The molecule has 3 aromatic rings. The van der Waals surface area contributed by atoms with E-state index in [-0.39, 0.29) is 12.3 Å². The predicted molar refractivity (Wildman–Crippen MR) is 130 cm³/mol. The van der Waals surface area contributed by atoms with Gasteiger partial charge in [0.2, 0.25) is 5.91 Å². The van der Waals surface area contributed by atoms with E-state index in [1.165, 1.54) is 42.4 Å². The average molecular weight is 466 g/mol. The molecule has 0 aliphatic heterocycles. The van der Waals surface area contributed by atoms with Crippen molar-refractivity contribution in [2.75, 3.05) is 26.6 Å². The van der Waals surface area contributed by atoms with Crippen LogP contribution in [-0.4, -0.2) is 33.2 Å². The van der Waals surface area contributed by atoms with Crippen LogP contribution in [-0.2, 0) is 28.8 Å². The van der Waals surface area contributed by atoms with Crippen LogP contribution in [0.3, 0.4) is 0 Å². The van der Waals surface area contributed by atoms with Crippen LogP contribution < -0.4 is 14.8 Å². The largest absolute Gasteiger partial charge is 0.497 e. The molecular weight excluding hydrogens is 438 g/mol. The molecule has 0 saturated heterocycles. The van der Waals surface area contributed by atoms with Gasteiger partial charge in [0.25, 0.3) is 0 Å². The van der Waals surface area contributed by atoms with E-state index in [0.717, 1.165) is 29.5 Å². The molecule has 33 heavy (non-hydrogen) atoms. The Morgan fingerprint density at radius 1 is 0.970 bits per heavy atom. The number of anilines is 1. The molecule has 0 saturated carbocycles. The molecule has 7 heteroatoms. The number of fused-ring (bicyclic) bond motifs is 1. The molecule has 6 nitrogen and oxygen atoms in total. The van der Waals surface area contributed by atoms with Gasteiger partial charge >= 0.3 is 5.97 Å². The lowest BCUT2D eigenvalue weighted by molar-refractivity contribution is -0.115. The van der Waals surface area contributed by atoms with Gasteiger partial charge in [-0.25, -0.2) is 4.79 Å². The van der Waals surface area contributed by atoms with E-state index in [1.807, 2.05) is 11.4 Å². The second kappa shape index (κ2) is 10.1. The lowest BCUT2D eigenvalue weighted by atomic mass is 9.89. The van der Waals surface area contributed by atoms with Gasteiger partial charge in [-0.3, -0.25) is 4.79 Å². The van der Waals surface area contributed by atoms with Crippen molar-refractivity contribution in [3.8, 4) is 22.6 Å². The maximum absolute atomic E-state index is 12.9. The molecule has 172 valence electrons. The topological polar surface area (TPSA) is 73.9 Å². The third-order valence-corrected chi connectivity index (χ3v) is 6.83. The number of carbonyl (C=O) groups excluding carboxylic acids is 2. The van der Waals surface area contributed by atoms with Gasteiger partial charge in [0.05, 0.1) is 27.8 Å². The first-order valence-electron chi connectivity index (χ1n) is 10.9. The van der Waals surface area contributed by atoms with E-state index in [1.54, 1.807) is 32.4 Å². The van der Waals surface area contributed by atoms with Crippen molar-refractivity contribution < 1.29 is 23.8 Å². The van der Waals surface area contributed by atoms with E-state index >= 15 is 0 Å². The molecule has 2 aromatic carbocycles. The molecule has 1 amide bonds. The molecule has 0 fully saturated rings. The van der Waals surface area contributed by atoms with E-state index in [9.17, 15) is 9.59 Å². The molecule has 1 heterocycles. The van der Waals surface area contributed by atoms with Gasteiger partial charge in [-0.1, -0.05) is 24.3 Å². The normalized spacial score (nSPS) is 12.6. The van der Waals surface area contributed by atoms with E-state index in [0.29, 0.717) is 22.1 Å². The van der Waals surface area contributed by atoms with Crippen LogP contribution in [0.15, 0.2) is 41.8 Å². The Bertz CT molecular complexity index is 1180. The standard InChI is InChI=1S/C26H27NO5S/c1-30-20-11-10-19(22(14-20)31-2)13-23(28)27-25-24(26(29)32-3)21(15-33-25)18-9-8-16-6-4-5-7-17(16)12-18/h8-12,14-15H,4-7,13H2,1-3H3,(H,27,28). The highest BCUT2D eigenvalue weighted by molar-refractivity contribution is 7.15. The first kappa shape index (κ1) is 22.9. The third kappa shape index (κ3) is 4.88. The summed E-state index contributed by atoms with van der Waals surface area (Å²) in [7, 11) is 4.48. The van der Waals surface area contributed by atoms with Gasteiger partial charge < -0.3 is 19.5 Å². The molecule has 0 atom stereocenters. The Morgan fingerprint density at radius 3 is 2.48 bits per heavy atom. The number of thiophene rings is 1. The first-order valence-corrected chi connectivity index (χ1v) is 11.7. The minimum Gasteiger partial charge on any atom is -0.497 e. The number of benzene rings is 2. The van der Waals surface area contributed by atoms with Crippen molar-refractivity contribution in [1.29, 1.82) is 0 Å². The maximum atomic E-state index is 12.9. The van der Waals surface area contributed by atoms with Crippen molar-refractivity contribution in [3.63, 3.8) is 0 Å². The van der Waals surface area contributed by atoms with Crippen LogP contribution in [0.4, 0.5) is 5.00 Å². The zero-order valence-electron chi connectivity index (χ0n) is 19.0. The van der Waals surface area contributed by atoms with Gasteiger partial charge in [0.15, 0.2) is 0 Å². The first-order chi connectivity index (χ1) is 16.0. The van der Waals surface area contributed by atoms with E-state index in [2.05, 4.69) is 17.4 Å². The number of hydrogen-bond acceptors (Lipinski definition) is 6. The van der Waals surface area contributed by atoms with Crippen LogP contribution in [0.25, 0.3) is 11.1 Å². The second-order valence-corrected chi connectivity index (χ2v) is 8.82. The zero-order valence-corrected chi connectivity index (χ0v) is 19.8. The van der Waals surface area contributed by atoms with Gasteiger partial charge in [0, 0.05) is 22.6 Å². The number of amides is 1. The number of methoxy groups -OCH3 is 3. The number of esters is 1. The van der Waals surface area contributed by atoms with Gasteiger partial charge in [-0.05, 0) is 48.4 Å². The van der Waals surface area contributed by atoms with Gasteiger partial charge in [-0.2, -0.15) is 0 Å². The molecule has 0 radical (unpaired) electrons. The summed E-state index contributed by atoms with van der Waals surface area (Å²) in [6.07, 6.45) is 4.64. The van der Waals surface area contributed by atoms with Crippen LogP contribution in [0.1, 0.15) is 39.9 Å². The Hall–Kier alpha value is -3.32. The van der Waals surface area contributed by atoms with E-state index < -0.39 is 5.97 Å². The fourth-order valence-corrected chi connectivity index (χ4v) is 5.18. The SMILES string of the molecule is COC(=O)c1c(-c2ccc3c(c2)CCCC3)csc1NC(=O)Cc1ccc(OC)cc1OC. The van der Waals surface area contributed by atoms with Crippen molar-refractivity contribution in [3.05, 3.63) is 64.0 Å². The molecule has 1 aromatic heterocycles. The van der Waals surface area contributed by atoms with Crippen LogP contribution in [0.2, 0.25) is 0 Å². The van der Waals surface area contributed by atoms with Gasteiger partial charge in [0.1, 0.15) is 22.1 Å². The highest BCUT2D eigenvalue weighted by atomic mass is 32.1. The summed E-state index contributed by atoms with van der Waals surface area (Å²) in [5.41, 5.74) is 5.55. The Balaban J connectivity index is 1.60. The van der Waals surface area contributed by atoms with Crippen molar-refractivity contribution in [2.45, 2.75) is 32.1 Å². The average Bonchev–Trinajstić information content (AvgIpc) is 3.26. The Labute approximate surface area is 197 Å². The van der Waals surface area contributed by atoms with Crippen LogP contribution >= 0.6 is 11.3 Å². The summed E-state index contributed by atoms with van der Waals surface area (Å²) in [4.78, 5) is 25.5. The number of rotatable bonds is 7. The fourth-order valence-electron chi connectivity index (χ4n) is 4.21. The molecular formula is C26H27NO5S. The predicted octanol–water partition coefficient (Wildman–Crippen LogP) is 5.28. The summed E-state index contributed by atoms with van der Waals surface area (Å²) < 4.78 is 15.7. The number of aryl methyl sites for hydroxylation is 2. The van der Waals surface area contributed by atoms with Crippen molar-refractivity contribution >= 4 is 28.2 Å². The lowest BCUT2D eigenvalue weighted by Gasteiger charge is -2.17. The fraction of sp³-hybridized carbons (Fsp3) is 0.308. The number of hydrogen-bond donors (Lipinski definition) is 1. The molecule has 1 aliphatic carbocycles. The van der Waals surface area contributed by atoms with Crippen LogP contribution in [0, 0.1) is 0 Å². The number of nitrogens with one attached hydrogen (secondary N) is 1. The molecule has 1 aliphatic rings. The molecule has 1 N–H and O–H groups in total. The van der Waals surface area contributed by atoms with E-state index in [4.69, 9.17) is 14.2 Å². The molecule has 0 spiro atoms. The highest BCUT2D eigenvalue weighted by Crippen LogP contribution is 2.38.